The van der Waals surface area contributed by atoms with Crippen LogP contribution < -0.4 is 11.3 Å². The van der Waals surface area contributed by atoms with Gasteiger partial charge in [-0.3, -0.25) is 0 Å². The number of aromatic nitrogens is 2. The summed E-state index contributed by atoms with van der Waals surface area (Å²) in [6.45, 7) is 0. The van der Waals surface area contributed by atoms with E-state index in [4.69, 9.17) is 8.83 Å². The van der Waals surface area contributed by atoms with E-state index in [0.717, 1.165) is 0 Å². The molecule has 0 atom stereocenters. The van der Waals surface area contributed by atoms with Crippen LogP contribution in [-0.4, -0.2) is 20.2 Å². The van der Waals surface area contributed by atoms with Crippen molar-refractivity contribution in [1.29, 1.82) is 0 Å². The van der Waals surface area contributed by atoms with Gasteiger partial charge in [0.25, 0.3) is 0 Å². The summed E-state index contributed by atoms with van der Waals surface area (Å²) in [5.41, 5.74) is 0.653. The Balaban J connectivity index is 1.56. The molecule has 0 aliphatic rings. The molecule has 0 fully saturated rings. The minimum absolute atomic E-state index is 0.0479. The first-order valence-corrected chi connectivity index (χ1v) is 8.86. The van der Waals surface area contributed by atoms with Gasteiger partial charge in [-0.2, -0.15) is 0 Å². The molecule has 0 bridgehead atoms. The zero-order chi connectivity index (χ0) is 20.8. The lowest BCUT2D eigenvalue weighted by Gasteiger charge is -2.05. The second-order valence-corrected chi connectivity index (χ2v) is 6.59. The van der Waals surface area contributed by atoms with E-state index in [2.05, 4.69) is 9.97 Å². The minimum Gasteiger partial charge on any atom is -0.508 e. The summed E-state index contributed by atoms with van der Waals surface area (Å²) in [6.07, 6.45) is 0. The fourth-order valence-corrected chi connectivity index (χ4v) is 3.12. The van der Waals surface area contributed by atoms with Crippen molar-refractivity contribution in [2.24, 2.45) is 0 Å². The zero-order valence-electron chi connectivity index (χ0n) is 15.2. The number of rotatable bonds is 2. The number of benzene rings is 3. The minimum atomic E-state index is -0.611. The van der Waals surface area contributed by atoms with Gasteiger partial charge in [0.2, 0.25) is 11.8 Å². The molecule has 0 spiro atoms. The third-order valence-electron chi connectivity index (χ3n) is 4.60. The molecule has 30 heavy (non-hydrogen) atoms. The second kappa shape index (κ2) is 6.56. The fourth-order valence-electron chi connectivity index (χ4n) is 3.12. The number of aromatic hydroxyl groups is 2. The highest BCUT2D eigenvalue weighted by Gasteiger charge is 2.12. The first-order valence-electron chi connectivity index (χ1n) is 8.86. The molecular formula is C22H12N2O6. The lowest BCUT2D eigenvalue weighted by atomic mass is 10.1. The number of fused-ring (bicyclic) bond motifs is 2. The van der Waals surface area contributed by atoms with Gasteiger partial charge >= 0.3 is 11.3 Å². The third kappa shape index (κ3) is 2.96. The van der Waals surface area contributed by atoms with Crippen molar-refractivity contribution in [3.8, 4) is 34.4 Å². The van der Waals surface area contributed by atoms with Gasteiger partial charge in [0.15, 0.2) is 0 Å². The molecule has 8 heteroatoms. The highest BCUT2D eigenvalue weighted by molar-refractivity contribution is 5.81. The molecule has 5 rings (SSSR count). The maximum atomic E-state index is 12.2. The van der Waals surface area contributed by atoms with E-state index in [-0.39, 0.29) is 34.1 Å². The van der Waals surface area contributed by atoms with Crippen LogP contribution in [0.2, 0.25) is 0 Å². The molecule has 0 radical (unpaired) electrons. The van der Waals surface area contributed by atoms with Gasteiger partial charge in [0, 0.05) is 11.1 Å². The van der Waals surface area contributed by atoms with Crippen molar-refractivity contribution in [3.63, 3.8) is 0 Å². The first kappa shape index (κ1) is 17.6. The SMILES string of the molecule is O=c1oc(-c2ccc(-c3nc4ccc(O)cc4c(=O)o3)cc2)nc2ccc(O)cc12. The van der Waals surface area contributed by atoms with E-state index < -0.39 is 11.3 Å². The summed E-state index contributed by atoms with van der Waals surface area (Å²) in [7, 11) is 0. The van der Waals surface area contributed by atoms with Crippen LogP contribution in [0.25, 0.3) is 44.7 Å². The van der Waals surface area contributed by atoms with Gasteiger partial charge < -0.3 is 19.0 Å². The lowest BCUT2D eigenvalue weighted by molar-refractivity contribution is 0.474. The molecule has 0 unspecified atom stereocenters. The summed E-state index contributed by atoms with van der Waals surface area (Å²) in [4.78, 5) is 33.1. The summed E-state index contributed by atoms with van der Waals surface area (Å²) >= 11 is 0. The lowest BCUT2D eigenvalue weighted by Crippen LogP contribution is -2.03. The van der Waals surface area contributed by atoms with Crippen molar-refractivity contribution in [2.45, 2.75) is 0 Å². The number of nitrogens with zero attached hydrogens (tertiary/aromatic N) is 2. The van der Waals surface area contributed by atoms with Crippen LogP contribution in [-0.2, 0) is 0 Å². The van der Waals surface area contributed by atoms with E-state index in [9.17, 15) is 19.8 Å². The third-order valence-corrected chi connectivity index (χ3v) is 4.60. The molecule has 8 nitrogen and oxygen atoms in total. The predicted molar refractivity (Wildman–Crippen MR) is 108 cm³/mol. The zero-order valence-corrected chi connectivity index (χ0v) is 15.2. The Morgan fingerprint density at radius 3 is 1.40 bits per heavy atom. The van der Waals surface area contributed by atoms with Crippen LogP contribution >= 0.6 is 0 Å². The summed E-state index contributed by atoms with van der Waals surface area (Å²) in [5, 5.41) is 19.4. The molecule has 0 aliphatic carbocycles. The molecular weight excluding hydrogens is 388 g/mol. The molecule has 0 aliphatic heterocycles. The Labute approximate surface area is 167 Å². The maximum absolute atomic E-state index is 12.2. The standard InChI is InChI=1S/C22H12N2O6/c25-13-5-7-17-15(9-13)21(27)29-19(23-17)11-1-2-12(4-3-11)20-24-18-8-6-14(26)10-16(18)22(28)30-20/h1-10,25-26H. The number of hydrogen-bond acceptors (Lipinski definition) is 8. The Kier molecular flexibility index (Phi) is 3.85. The Morgan fingerprint density at radius 2 is 1.00 bits per heavy atom. The smallest absolute Gasteiger partial charge is 0.347 e. The quantitative estimate of drug-likeness (QED) is 0.461. The molecule has 3 aromatic carbocycles. The molecule has 0 saturated carbocycles. The molecule has 0 saturated heterocycles. The predicted octanol–water partition coefficient (Wildman–Crippen LogP) is 3.43. The molecule has 5 aromatic rings. The van der Waals surface area contributed by atoms with Crippen molar-refractivity contribution in [3.05, 3.63) is 81.5 Å². The summed E-state index contributed by atoms with van der Waals surface area (Å²) in [5.74, 6) is 0.142. The van der Waals surface area contributed by atoms with Crippen LogP contribution in [0.1, 0.15) is 0 Å². The Hall–Kier alpha value is -4.46. The summed E-state index contributed by atoms with van der Waals surface area (Å²) in [6, 6.07) is 15.2. The largest absolute Gasteiger partial charge is 0.508 e. The monoisotopic (exact) mass is 400 g/mol. The number of phenols is 2. The van der Waals surface area contributed by atoms with E-state index >= 15 is 0 Å². The normalized spacial score (nSPS) is 11.2. The van der Waals surface area contributed by atoms with E-state index in [1.165, 1.54) is 36.4 Å². The molecule has 0 amide bonds. The van der Waals surface area contributed by atoms with Gasteiger partial charge in [-0.05, 0) is 60.7 Å². The van der Waals surface area contributed by atoms with E-state index in [1.54, 1.807) is 24.3 Å². The van der Waals surface area contributed by atoms with Crippen LogP contribution in [0.15, 0.2) is 79.1 Å². The van der Waals surface area contributed by atoms with Gasteiger partial charge in [-0.25, -0.2) is 19.6 Å². The summed E-state index contributed by atoms with van der Waals surface area (Å²) < 4.78 is 10.5. The Bertz CT molecular complexity index is 1430. The number of hydrogen-bond donors (Lipinski definition) is 2. The maximum Gasteiger partial charge on any atom is 0.347 e. The van der Waals surface area contributed by atoms with Crippen LogP contribution in [0.5, 0.6) is 11.5 Å². The molecule has 146 valence electrons. The van der Waals surface area contributed by atoms with Gasteiger partial charge in [-0.15, -0.1) is 0 Å². The molecule has 2 N–H and O–H groups in total. The van der Waals surface area contributed by atoms with E-state index in [1.807, 2.05) is 0 Å². The highest BCUT2D eigenvalue weighted by atomic mass is 16.4. The topological polar surface area (TPSA) is 127 Å². The van der Waals surface area contributed by atoms with Crippen LogP contribution in [0.4, 0.5) is 0 Å². The molecule has 2 heterocycles. The molecule has 2 aromatic heterocycles. The van der Waals surface area contributed by atoms with Gasteiger partial charge in [0.1, 0.15) is 11.5 Å². The fraction of sp³-hybridized carbons (Fsp3) is 0. The van der Waals surface area contributed by atoms with Crippen LogP contribution in [0, 0.1) is 0 Å². The van der Waals surface area contributed by atoms with Crippen molar-refractivity contribution in [2.75, 3.05) is 0 Å². The van der Waals surface area contributed by atoms with Gasteiger partial charge in [0.05, 0.1) is 21.8 Å². The van der Waals surface area contributed by atoms with Crippen molar-refractivity contribution >= 4 is 21.8 Å². The second-order valence-electron chi connectivity index (χ2n) is 6.59. The first-order chi connectivity index (χ1) is 14.5. The van der Waals surface area contributed by atoms with Crippen molar-refractivity contribution < 1.29 is 19.0 Å². The van der Waals surface area contributed by atoms with Gasteiger partial charge in [-0.1, -0.05) is 0 Å². The number of phenolic OH excluding ortho intramolecular Hbond substituents is 2. The Morgan fingerprint density at radius 1 is 0.600 bits per heavy atom. The van der Waals surface area contributed by atoms with Crippen molar-refractivity contribution in [1.82, 2.24) is 9.97 Å². The van der Waals surface area contributed by atoms with E-state index in [0.29, 0.717) is 22.2 Å². The average Bonchev–Trinajstić information content (AvgIpc) is 2.74. The van der Waals surface area contributed by atoms with Crippen LogP contribution in [0.3, 0.4) is 0 Å². The average molecular weight is 400 g/mol. The highest BCUT2D eigenvalue weighted by Crippen LogP contribution is 2.25.